The van der Waals surface area contributed by atoms with Crippen LogP contribution in [0.3, 0.4) is 0 Å². The van der Waals surface area contributed by atoms with E-state index >= 15 is 0 Å². The van der Waals surface area contributed by atoms with Gasteiger partial charge in [0.1, 0.15) is 12.4 Å². The topological polar surface area (TPSA) is 12.5 Å². The van der Waals surface area contributed by atoms with Gasteiger partial charge in [0, 0.05) is 11.6 Å². The van der Waals surface area contributed by atoms with Crippen molar-refractivity contribution in [2.45, 2.75) is 26.2 Å². The maximum absolute atomic E-state index is 5.88. The first-order valence-corrected chi connectivity index (χ1v) is 9.23. The number of nitrogens with zero attached hydrogens (tertiary/aromatic N) is 1. The number of halogens is 2. The van der Waals surface area contributed by atoms with Crippen molar-refractivity contribution < 1.29 is 4.74 Å². The van der Waals surface area contributed by atoms with Crippen molar-refractivity contribution in [3.8, 4) is 5.75 Å². The molecule has 1 heterocycles. The highest BCUT2D eigenvalue weighted by Gasteiger charge is 2.19. The molecule has 0 amide bonds. The number of likely N-dealkylation sites (tertiary alicyclic amines) is 1. The number of benzene rings is 2. The second kappa shape index (κ2) is 10.1. The molecule has 0 bridgehead atoms. The van der Waals surface area contributed by atoms with Gasteiger partial charge in [0.15, 0.2) is 0 Å². The van der Waals surface area contributed by atoms with Gasteiger partial charge in [0.05, 0.1) is 0 Å². The summed E-state index contributed by atoms with van der Waals surface area (Å²) in [6, 6.07) is 16.6. The van der Waals surface area contributed by atoms with Crippen molar-refractivity contribution in [1.29, 1.82) is 0 Å². The predicted molar refractivity (Wildman–Crippen MR) is 108 cm³/mol. The molecule has 2 aromatic rings. The summed E-state index contributed by atoms with van der Waals surface area (Å²) in [7, 11) is 0. The van der Waals surface area contributed by atoms with E-state index < -0.39 is 0 Å². The van der Waals surface area contributed by atoms with Crippen molar-refractivity contribution in [3.05, 3.63) is 64.7 Å². The summed E-state index contributed by atoms with van der Waals surface area (Å²) in [6.07, 6.45) is 3.79. The molecule has 0 unspecified atom stereocenters. The van der Waals surface area contributed by atoms with Crippen molar-refractivity contribution in [1.82, 2.24) is 4.90 Å². The van der Waals surface area contributed by atoms with E-state index in [0.717, 1.165) is 29.8 Å². The van der Waals surface area contributed by atoms with Gasteiger partial charge in [-0.2, -0.15) is 0 Å². The Morgan fingerprint density at radius 2 is 1.64 bits per heavy atom. The minimum Gasteiger partial charge on any atom is -0.492 e. The van der Waals surface area contributed by atoms with Crippen LogP contribution >= 0.6 is 24.0 Å². The Morgan fingerprint density at radius 1 is 1.00 bits per heavy atom. The highest BCUT2D eigenvalue weighted by molar-refractivity contribution is 6.30. The molecule has 0 aliphatic carbocycles. The lowest BCUT2D eigenvalue weighted by molar-refractivity contribution is 0.155. The predicted octanol–water partition coefficient (Wildman–Crippen LogP) is 5.40. The molecule has 1 aliphatic heterocycles. The Balaban J connectivity index is 0.00000225. The van der Waals surface area contributed by atoms with Crippen LogP contribution in [-0.4, -0.2) is 31.1 Å². The minimum atomic E-state index is 0. The zero-order chi connectivity index (χ0) is 16.8. The fourth-order valence-electron chi connectivity index (χ4n) is 3.30. The second-order valence-electron chi connectivity index (χ2n) is 6.78. The third kappa shape index (κ3) is 6.54. The standard InChI is InChI=1S/C21H26ClNO.ClH/c1-17-2-4-18(5-3-17)16-19-10-12-23(13-11-19)14-15-24-21-8-6-20(22)7-9-21;/h2-9,19H,10-16H2,1H3;1H. The molecule has 1 fully saturated rings. The molecule has 2 aromatic carbocycles. The monoisotopic (exact) mass is 379 g/mol. The summed E-state index contributed by atoms with van der Waals surface area (Å²) < 4.78 is 5.80. The molecule has 0 atom stereocenters. The number of ether oxygens (including phenoxy) is 1. The van der Waals surface area contributed by atoms with Crippen LogP contribution < -0.4 is 4.74 Å². The van der Waals surface area contributed by atoms with Crippen molar-refractivity contribution in [2.24, 2.45) is 5.92 Å². The van der Waals surface area contributed by atoms with Crippen LogP contribution in [0.2, 0.25) is 5.02 Å². The zero-order valence-electron chi connectivity index (χ0n) is 14.8. The maximum atomic E-state index is 5.88. The van der Waals surface area contributed by atoms with E-state index in [0.29, 0.717) is 0 Å². The summed E-state index contributed by atoms with van der Waals surface area (Å²) in [4.78, 5) is 2.52. The van der Waals surface area contributed by atoms with E-state index in [1.165, 1.54) is 43.5 Å². The molecule has 136 valence electrons. The number of aryl methyl sites for hydroxylation is 1. The van der Waals surface area contributed by atoms with E-state index in [4.69, 9.17) is 16.3 Å². The lowest BCUT2D eigenvalue weighted by atomic mass is 9.90. The highest BCUT2D eigenvalue weighted by Crippen LogP contribution is 2.22. The fourth-order valence-corrected chi connectivity index (χ4v) is 3.42. The number of hydrogen-bond donors (Lipinski definition) is 0. The first kappa shape index (κ1) is 20.1. The van der Waals surface area contributed by atoms with Crippen molar-refractivity contribution in [3.63, 3.8) is 0 Å². The Hall–Kier alpha value is -1.22. The summed E-state index contributed by atoms with van der Waals surface area (Å²) >= 11 is 5.88. The van der Waals surface area contributed by atoms with Gasteiger partial charge in [-0.05, 0) is 75.0 Å². The summed E-state index contributed by atoms with van der Waals surface area (Å²) in [5.74, 6) is 1.72. The normalized spacial score (nSPS) is 15.6. The molecule has 0 saturated carbocycles. The van der Waals surface area contributed by atoms with E-state index in [9.17, 15) is 0 Å². The van der Waals surface area contributed by atoms with Gasteiger partial charge in [-0.3, -0.25) is 4.90 Å². The molecule has 0 spiro atoms. The molecule has 0 N–H and O–H groups in total. The number of rotatable bonds is 6. The minimum absolute atomic E-state index is 0. The SMILES string of the molecule is Cc1ccc(CC2CCN(CCOc3ccc(Cl)cc3)CC2)cc1.Cl. The lowest BCUT2D eigenvalue weighted by Gasteiger charge is -2.31. The van der Waals surface area contributed by atoms with Crippen LogP contribution in [-0.2, 0) is 6.42 Å². The van der Waals surface area contributed by atoms with E-state index in [-0.39, 0.29) is 12.4 Å². The van der Waals surface area contributed by atoms with Gasteiger partial charge in [-0.15, -0.1) is 12.4 Å². The molecule has 0 radical (unpaired) electrons. The molecule has 25 heavy (non-hydrogen) atoms. The van der Waals surface area contributed by atoms with Gasteiger partial charge in [0.2, 0.25) is 0 Å². The largest absolute Gasteiger partial charge is 0.492 e. The number of hydrogen-bond acceptors (Lipinski definition) is 2. The molecule has 3 rings (SSSR count). The third-order valence-electron chi connectivity index (χ3n) is 4.84. The molecule has 4 heteroatoms. The smallest absolute Gasteiger partial charge is 0.119 e. The van der Waals surface area contributed by atoms with Crippen LogP contribution in [0.1, 0.15) is 24.0 Å². The summed E-state index contributed by atoms with van der Waals surface area (Å²) in [5, 5.41) is 0.748. The van der Waals surface area contributed by atoms with Crippen LogP contribution in [0.5, 0.6) is 5.75 Å². The van der Waals surface area contributed by atoms with Crippen LogP contribution in [0.15, 0.2) is 48.5 Å². The zero-order valence-corrected chi connectivity index (χ0v) is 16.4. The lowest BCUT2D eigenvalue weighted by Crippen LogP contribution is -2.37. The van der Waals surface area contributed by atoms with Crippen LogP contribution in [0, 0.1) is 12.8 Å². The molecule has 0 aromatic heterocycles. The average Bonchev–Trinajstić information content (AvgIpc) is 2.60. The van der Waals surface area contributed by atoms with Gasteiger partial charge >= 0.3 is 0 Å². The molecular weight excluding hydrogens is 353 g/mol. The molecule has 2 nitrogen and oxygen atoms in total. The molecular formula is C21H27Cl2NO. The quantitative estimate of drug-likeness (QED) is 0.665. The van der Waals surface area contributed by atoms with Gasteiger partial charge in [-0.1, -0.05) is 41.4 Å². The fraction of sp³-hybridized carbons (Fsp3) is 0.429. The molecule has 1 aliphatic rings. The highest BCUT2D eigenvalue weighted by atomic mass is 35.5. The third-order valence-corrected chi connectivity index (χ3v) is 5.09. The Labute approximate surface area is 162 Å². The van der Waals surface area contributed by atoms with E-state index in [1.54, 1.807) is 0 Å². The van der Waals surface area contributed by atoms with Crippen molar-refractivity contribution >= 4 is 24.0 Å². The number of piperidine rings is 1. The second-order valence-corrected chi connectivity index (χ2v) is 7.21. The van der Waals surface area contributed by atoms with Crippen molar-refractivity contribution in [2.75, 3.05) is 26.2 Å². The maximum Gasteiger partial charge on any atom is 0.119 e. The Kier molecular flexibility index (Phi) is 8.08. The van der Waals surface area contributed by atoms with Gasteiger partial charge in [0.25, 0.3) is 0 Å². The van der Waals surface area contributed by atoms with E-state index in [1.807, 2.05) is 24.3 Å². The Bertz CT molecular complexity index is 619. The first-order chi connectivity index (χ1) is 11.7. The van der Waals surface area contributed by atoms with Gasteiger partial charge in [-0.25, -0.2) is 0 Å². The summed E-state index contributed by atoms with van der Waals surface area (Å²) in [5.41, 5.74) is 2.82. The van der Waals surface area contributed by atoms with Gasteiger partial charge < -0.3 is 4.74 Å². The van der Waals surface area contributed by atoms with E-state index in [2.05, 4.69) is 36.1 Å². The van der Waals surface area contributed by atoms with Crippen LogP contribution in [0.4, 0.5) is 0 Å². The average molecular weight is 380 g/mol. The summed E-state index contributed by atoms with van der Waals surface area (Å²) in [6.45, 7) is 6.25. The Morgan fingerprint density at radius 3 is 2.28 bits per heavy atom. The first-order valence-electron chi connectivity index (χ1n) is 8.85. The van der Waals surface area contributed by atoms with Crippen LogP contribution in [0.25, 0.3) is 0 Å². The molecule has 1 saturated heterocycles.